The number of aryl methyl sites for hydroxylation is 1. The first-order valence-corrected chi connectivity index (χ1v) is 6.36. The summed E-state index contributed by atoms with van der Waals surface area (Å²) >= 11 is 4.76. The summed E-state index contributed by atoms with van der Waals surface area (Å²) in [6, 6.07) is 5.90. The molecule has 0 saturated heterocycles. The predicted octanol–water partition coefficient (Wildman–Crippen LogP) is 4.14. The van der Waals surface area contributed by atoms with Gasteiger partial charge in [0.15, 0.2) is 0 Å². The van der Waals surface area contributed by atoms with Crippen molar-refractivity contribution >= 4 is 23.8 Å². The summed E-state index contributed by atoms with van der Waals surface area (Å²) < 4.78 is 3.84. The van der Waals surface area contributed by atoms with Gasteiger partial charge in [-0.3, -0.25) is 0 Å². The molecule has 0 fully saturated rings. The highest BCUT2D eigenvalue weighted by molar-refractivity contribution is 7.47. The molecule has 88 valence electrons. The third-order valence-electron chi connectivity index (χ3n) is 2.79. The van der Waals surface area contributed by atoms with Crippen LogP contribution in [0.5, 0.6) is 0 Å². The second-order valence-electron chi connectivity index (χ2n) is 4.11. The summed E-state index contributed by atoms with van der Waals surface area (Å²) in [5.41, 5.74) is 8.50. The van der Waals surface area contributed by atoms with Crippen molar-refractivity contribution in [2.24, 2.45) is 4.36 Å². The van der Waals surface area contributed by atoms with Crippen molar-refractivity contribution in [3.63, 3.8) is 0 Å². The van der Waals surface area contributed by atoms with Crippen LogP contribution in [-0.4, -0.2) is 0 Å². The molecular formula is C13H20N2S. The molecule has 0 saturated carbocycles. The Balaban J connectivity index is 2.47. The monoisotopic (exact) mass is 236 g/mol. The number of hydrogen-bond acceptors (Lipinski definition) is 3. The molecule has 0 bridgehead atoms. The van der Waals surface area contributed by atoms with Crippen LogP contribution in [0.3, 0.4) is 0 Å². The third-order valence-corrected chi connectivity index (χ3v) is 2.97. The maximum Gasteiger partial charge on any atom is 0.103 e. The Kier molecular flexibility index (Phi) is 6.01. The average Bonchev–Trinajstić information content (AvgIpc) is 2.29. The van der Waals surface area contributed by atoms with Crippen LogP contribution in [-0.2, 0) is 18.8 Å². The molecule has 0 aliphatic heterocycles. The third kappa shape index (κ3) is 3.89. The normalized spacial score (nSPS) is 10.3. The van der Waals surface area contributed by atoms with Crippen molar-refractivity contribution in [2.45, 2.75) is 45.4 Å². The maximum absolute atomic E-state index is 5.82. The summed E-state index contributed by atoms with van der Waals surface area (Å²) in [4.78, 5) is 0. The number of rotatable bonds is 7. The van der Waals surface area contributed by atoms with E-state index < -0.39 is 0 Å². The number of nitrogen functional groups attached to an aromatic ring is 1. The number of unbranched alkanes of at least 4 members (excludes halogenated alkanes) is 4. The zero-order valence-corrected chi connectivity index (χ0v) is 10.7. The van der Waals surface area contributed by atoms with Crippen molar-refractivity contribution in [2.75, 3.05) is 5.73 Å². The van der Waals surface area contributed by atoms with E-state index in [2.05, 4.69) is 17.4 Å². The van der Waals surface area contributed by atoms with Gasteiger partial charge in [0.05, 0.1) is 5.69 Å². The molecule has 0 aromatic heterocycles. The predicted molar refractivity (Wildman–Crippen MR) is 72.8 cm³/mol. The molecule has 0 aliphatic rings. The molecule has 0 atom stereocenters. The molecule has 0 heterocycles. The van der Waals surface area contributed by atoms with Crippen molar-refractivity contribution in [1.29, 1.82) is 0 Å². The highest BCUT2D eigenvalue weighted by Crippen LogP contribution is 2.27. The molecule has 1 rings (SSSR count). The van der Waals surface area contributed by atoms with E-state index in [9.17, 15) is 0 Å². The van der Waals surface area contributed by atoms with Crippen LogP contribution < -0.4 is 5.73 Å². The van der Waals surface area contributed by atoms with Crippen LogP contribution in [0.1, 0.15) is 44.6 Å². The molecule has 0 spiro atoms. The van der Waals surface area contributed by atoms with Crippen molar-refractivity contribution in [1.82, 2.24) is 0 Å². The minimum absolute atomic E-state index is 0.695. The molecule has 1 aromatic carbocycles. The van der Waals surface area contributed by atoms with Gasteiger partial charge in [-0.15, -0.1) is 0 Å². The topological polar surface area (TPSA) is 38.4 Å². The lowest BCUT2D eigenvalue weighted by atomic mass is 10.0. The lowest BCUT2D eigenvalue weighted by Crippen LogP contribution is -1.91. The Morgan fingerprint density at radius 1 is 1.19 bits per heavy atom. The molecule has 1 aromatic rings. The van der Waals surface area contributed by atoms with Gasteiger partial charge in [-0.05, 0) is 24.5 Å². The summed E-state index contributed by atoms with van der Waals surface area (Å²) in [5, 5.41) is 0. The lowest BCUT2D eigenvalue weighted by Gasteiger charge is -2.06. The molecular weight excluding hydrogens is 216 g/mol. The average molecular weight is 236 g/mol. The highest BCUT2D eigenvalue weighted by Gasteiger charge is 2.04. The Morgan fingerprint density at radius 2 is 1.94 bits per heavy atom. The first kappa shape index (κ1) is 13.1. The van der Waals surface area contributed by atoms with Crippen molar-refractivity contribution in [3.8, 4) is 0 Å². The standard InChI is InChI=1S/C13H20N2S/c1-2-3-4-5-6-8-11-9-7-10-12(14)13(11)15-16/h7,9-10H,2-6,8,14H2,1H3. The SMILES string of the molecule is CCCCCCCc1cccc(N)c1N=S. The van der Waals surface area contributed by atoms with Crippen LogP contribution in [0.4, 0.5) is 11.4 Å². The van der Waals surface area contributed by atoms with Crippen LogP contribution in [0.25, 0.3) is 0 Å². The molecule has 2 N–H and O–H groups in total. The second-order valence-corrected chi connectivity index (χ2v) is 4.29. The Labute approximate surface area is 103 Å². The van der Waals surface area contributed by atoms with Gasteiger partial charge in [0.1, 0.15) is 5.69 Å². The second kappa shape index (κ2) is 7.34. The van der Waals surface area contributed by atoms with E-state index in [1.165, 1.54) is 37.7 Å². The van der Waals surface area contributed by atoms with Gasteiger partial charge in [-0.25, -0.2) is 0 Å². The summed E-state index contributed by atoms with van der Waals surface area (Å²) in [7, 11) is 0. The largest absolute Gasteiger partial charge is 0.397 e. The Morgan fingerprint density at radius 3 is 2.62 bits per heavy atom. The summed E-state index contributed by atoms with van der Waals surface area (Å²) in [6.07, 6.45) is 7.43. The Bertz CT molecular complexity index is 337. The van der Waals surface area contributed by atoms with E-state index in [1.807, 2.05) is 12.1 Å². The molecule has 3 heteroatoms. The fraction of sp³-hybridized carbons (Fsp3) is 0.538. The number of hydrogen-bond donors (Lipinski definition) is 1. The molecule has 0 unspecified atom stereocenters. The molecule has 2 nitrogen and oxygen atoms in total. The number of benzene rings is 1. The number of anilines is 1. The Hall–Kier alpha value is -0.960. The smallest absolute Gasteiger partial charge is 0.103 e. The first-order valence-electron chi connectivity index (χ1n) is 6.00. The summed E-state index contributed by atoms with van der Waals surface area (Å²) in [5.74, 6) is 0. The maximum atomic E-state index is 5.82. The summed E-state index contributed by atoms with van der Waals surface area (Å²) in [6.45, 7) is 2.23. The van der Waals surface area contributed by atoms with Gasteiger partial charge in [0.25, 0.3) is 0 Å². The highest BCUT2D eigenvalue weighted by atomic mass is 32.1. The first-order chi connectivity index (χ1) is 7.79. The lowest BCUT2D eigenvalue weighted by molar-refractivity contribution is 0.632. The quantitative estimate of drug-likeness (QED) is 0.570. The number of nitrogens with zero attached hydrogens (tertiary/aromatic N) is 1. The van der Waals surface area contributed by atoms with E-state index in [0.29, 0.717) is 5.69 Å². The molecule has 16 heavy (non-hydrogen) atoms. The van der Waals surface area contributed by atoms with E-state index in [1.54, 1.807) is 0 Å². The zero-order chi connectivity index (χ0) is 11.8. The minimum atomic E-state index is 0.695. The van der Waals surface area contributed by atoms with E-state index >= 15 is 0 Å². The fourth-order valence-corrected chi connectivity index (χ4v) is 2.07. The zero-order valence-electron chi connectivity index (χ0n) is 9.91. The molecule has 0 aliphatic carbocycles. The minimum Gasteiger partial charge on any atom is -0.397 e. The van der Waals surface area contributed by atoms with Gasteiger partial charge >= 0.3 is 0 Å². The van der Waals surface area contributed by atoms with Crippen LogP contribution in [0.15, 0.2) is 22.6 Å². The van der Waals surface area contributed by atoms with Gasteiger partial charge in [-0.1, -0.05) is 44.7 Å². The number of nitrogens with two attached hydrogens (primary N) is 1. The van der Waals surface area contributed by atoms with E-state index in [4.69, 9.17) is 18.2 Å². The van der Waals surface area contributed by atoms with Crippen LogP contribution in [0, 0.1) is 0 Å². The van der Waals surface area contributed by atoms with E-state index in [-0.39, 0.29) is 0 Å². The van der Waals surface area contributed by atoms with E-state index in [0.717, 1.165) is 12.1 Å². The fourth-order valence-electron chi connectivity index (χ4n) is 1.84. The van der Waals surface area contributed by atoms with Crippen molar-refractivity contribution in [3.05, 3.63) is 23.8 Å². The van der Waals surface area contributed by atoms with Gasteiger partial charge < -0.3 is 5.73 Å². The van der Waals surface area contributed by atoms with Gasteiger partial charge in [0.2, 0.25) is 0 Å². The molecule has 0 amide bonds. The van der Waals surface area contributed by atoms with Gasteiger partial charge in [0, 0.05) is 12.4 Å². The van der Waals surface area contributed by atoms with Gasteiger partial charge in [-0.2, -0.15) is 4.36 Å². The molecule has 0 radical (unpaired) electrons. The van der Waals surface area contributed by atoms with Crippen molar-refractivity contribution < 1.29 is 0 Å². The van der Waals surface area contributed by atoms with Crippen LogP contribution in [0.2, 0.25) is 0 Å². The van der Waals surface area contributed by atoms with Crippen LogP contribution >= 0.6 is 0 Å².